The topological polar surface area (TPSA) is 51.2 Å². The van der Waals surface area contributed by atoms with E-state index in [0.29, 0.717) is 29.7 Å². The Morgan fingerprint density at radius 2 is 1.76 bits per heavy atom. The van der Waals surface area contributed by atoms with Crippen LogP contribution in [0.5, 0.6) is 0 Å². The van der Waals surface area contributed by atoms with Crippen LogP contribution < -0.4 is 5.32 Å². The largest absolute Gasteiger partial charge is 0.433 e. The van der Waals surface area contributed by atoms with E-state index in [4.69, 9.17) is 16.3 Å². The van der Waals surface area contributed by atoms with E-state index in [9.17, 15) is 22.4 Å². The van der Waals surface area contributed by atoms with Gasteiger partial charge in [0, 0.05) is 28.4 Å². The fourth-order valence-corrected chi connectivity index (χ4v) is 5.18. The lowest BCUT2D eigenvalue weighted by atomic mass is 9.76. The lowest BCUT2D eigenvalue weighted by Crippen LogP contribution is -2.36. The zero-order valence-electron chi connectivity index (χ0n) is 17.7. The van der Waals surface area contributed by atoms with Crippen LogP contribution in [0.15, 0.2) is 60.7 Å². The van der Waals surface area contributed by atoms with Crippen molar-refractivity contribution >= 4 is 23.2 Å². The highest BCUT2D eigenvalue weighted by molar-refractivity contribution is 6.33. The second kappa shape index (κ2) is 8.67. The standard InChI is InChI=1S/C25H19ClF4N2O2/c26-16-12-13(8-9-14(16)15-4-1-2-5-17(15)27)31-24(33)23-20-11-10-19(34-20)22(23)18-6-3-7-21(32-18)25(28,29)30/h1-9,12,19-20,22-23H,10-11H2,(H,31,33)/t19-,20+,22-,23-/m0/s1. The number of nitrogens with zero attached hydrogens (tertiary/aromatic N) is 1. The molecular formula is C25H19ClF4N2O2. The van der Waals surface area contributed by atoms with Crippen LogP contribution in [0.2, 0.25) is 5.02 Å². The second-order valence-electron chi connectivity index (χ2n) is 8.45. The van der Waals surface area contributed by atoms with E-state index in [1.165, 1.54) is 24.3 Å². The van der Waals surface area contributed by atoms with E-state index in [1.54, 1.807) is 30.3 Å². The molecule has 2 bridgehead atoms. The summed E-state index contributed by atoms with van der Waals surface area (Å²) in [6, 6.07) is 14.7. The van der Waals surface area contributed by atoms with E-state index in [1.807, 2.05) is 0 Å². The van der Waals surface area contributed by atoms with Gasteiger partial charge in [0.1, 0.15) is 11.5 Å². The van der Waals surface area contributed by atoms with Gasteiger partial charge in [-0.05, 0) is 43.2 Å². The van der Waals surface area contributed by atoms with Gasteiger partial charge < -0.3 is 10.1 Å². The molecular weight excluding hydrogens is 472 g/mol. The molecule has 176 valence electrons. The smallest absolute Gasteiger partial charge is 0.373 e. The molecule has 4 atom stereocenters. The van der Waals surface area contributed by atoms with Crippen molar-refractivity contribution < 1.29 is 27.1 Å². The number of hydrogen-bond donors (Lipinski definition) is 1. The summed E-state index contributed by atoms with van der Waals surface area (Å²) in [6.45, 7) is 0. The van der Waals surface area contributed by atoms with Gasteiger partial charge in [-0.3, -0.25) is 4.79 Å². The number of fused-ring (bicyclic) bond motifs is 2. The first-order chi connectivity index (χ1) is 16.2. The first kappa shape index (κ1) is 22.8. The summed E-state index contributed by atoms with van der Waals surface area (Å²) in [5.41, 5.74) is 0.404. The summed E-state index contributed by atoms with van der Waals surface area (Å²) in [4.78, 5) is 17.1. The molecule has 5 rings (SSSR count). The van der Waals surface area contributed by atoms with Crippen LogP contribution in [-0.4, -0.2) is 23.1 Å². The van der Waals surface area contributed by atoms with Crippen molar-refractivity contribution in [2.24, 2.45) is 5.92 Å². The van der Waals surface area contributed by atoms with Gasteiger partial charge in [0.15, 0.2) is 0 Å². The number of anilines is 1. The van der Waals surface area contributed by atoms with Gasteiger partial charge in [-0.15, -0.1) is 0 Å². The number of carbonyl (C=O) groups excluding carboxylic acids is 1. The lowest BCUT2D eigenvalue weighted by molar-refractivity contribution is -0.141. The molecule has 2 aliphatic heterocycles. The van der Waals surface area contributed by atoms with Crippen LogP contribution in [0.3, 0.4) is 0 Å². The highest BCUT2D eigenvalue weighted by Gasteiger charge is 2.53. The van der Waals surface area contributed by atoms with Gasteiger partial charge >= 0.3 is 6.18 Å². The molecule has 2 fully saturated rings. The molecule has 0 radical (unpaired) electrons. The Balaban J connectivity index is 1.40. The number of rotatable bonds is 4. The number of alkyl halides is 3. The van der Waals surface area contributed by atoms with Crippen molar-refractivity contribution in [3.63, 3.8) is 0 Å². The van der Waals surface area contributed by atoms with E-state index in [-0.39, 0.29) is 22.7 Å². The van der Waals surface area contributed by atoms with E-state index in [0.717, 1.165) is 6.07 Å². The summed E-state index contributed by atoms with van der Waals surface area (Å²) in [5, 5.41) is 3.05. The summed E-state index contributed by atoms with van der Waals surface area (Å²) in [7, 11) is 0. The molecule has 2 saturated heterocycles. The maximum absolute atomic E-state index is 14.1. The second-order valence-corrected chi connectivity index (χ2v) is 8.86. The summed E-state index contributed by atoms with van der Waals surface area (Å²) in [5.74, 6) is -2.09. The lowest BCUT2D eigenvalue weighted by Gasteiger charge is -2.27. The van der Waals surface area contributed by atoms with Crippen LogP contribution in [0.4, 0.5) is 23.2 Å². The number of nitrogens with one attached hydrogen (secondary N) is 1. The first-order valence-electron chi connectivity index (χ1n) is 10.8. The third-order valence-corrected chi connectivity index (χ3v) is 6.69. The minimum Gasteiger partial charge on any atom is -0.373 e. The van der Waals surface area contributed by atoms with Crippen molar-refractivity contribution in [1.29, 1.82) is 0 Å². The van der Waals surface area contributed by atoms with Crippen LogP contribution in [-0.2, 0) is 15.7 Å². The van der Waals surface area contributed by atoms with Gasteiger partial charge in [0.2, 0.25) is 5.91 Å². The molecule has 1 amide bonds. The minimum atomic E-state index is -4.58. The zero-order valence-corrected chi connectivity index (χ0v) is 18.4. The van der Waals surface area contributed by atoms with Crippen LogP contribution >= 0.6 is 11.6 Å². The molecule has 0 unspecified atom stereocenters. The molecule has 2 aromatic carbocycles. The maximum Gasteiger partial charge on any atom is 0.433 e. The zero-order chi connectivity index (χ0) is 24.0. The Morgan fingerprint density at radius 3 is 2.50 bits per heavy atom. The van der Waals surface area contributed by atoms with Crippen LogP contribution in [0, 0.1) is 11.7 Å². The van der Waals surface area contributed by atoms with Crippen LogP contribution in [0.1, 0.15) is 30.1 Å². The normalized spacial score (nSPS) is 23.8. The van der Waals surface area contributed by atoms with Crippen molar-refractivity contribution in [2.45, 2.75) is 37.1 Å². The van der Waals surface area contributed by atoms with E-state index in [2.05, 4.69) is 10.3 Å². The molecule has 0 aliphatic carbocycles. The average molecular weight is 491 g/mol. The Hall–Kier alpha value is -2.97. The molecule has 0 spiro atoms. The highest BCUT2D eigenvalue weighted by atomic mass is 35.5. The molecule has 1 aromatic heterocycles. The first-order valence-corrected chi connectivity index (χ1v) is 11.1. The Bertz CT molecular complexity index is 1250. The minimum absolute atomic E-state index is 0.190. The summed E-state index contributed by atoms with van der Waals surface area (Å²) in [6.07, 6.45) is -4.06. The Kier molecular flexibility index (Phi) is 5.81. The average Bonchev–Trinajstić information content (AvgIpc) is 3.41. The highest BCUT2D eigenvalue weighted by Crippen LogP contribution is 2.49. The molecule has 4 nitrogen and oxygen atoms in total. The fourth-order valence-electron chi connectivity index (χ4n) is 4.90. The summed E-state index contributed by atoms with van der Waals surface area (Å²) < 4.78 is 59.6. The van der Waals surface area contributed by atoms with Crippen molar-refractivity contribution in [1.82, 2.24) is 4.98 Å². The number of amides is 1. The monoisotopic (exact) mass is 490 g/mol. The Morgan fingerprint density at radius 1 is 1.00 bits per heavy atom. The van der Waals surface area contributed by atoms with E-state index < -0.39 is 35.6 Å². The third kappa shape index (κ3) is 4.16. The number of hydrogen-bond acceptors (Lipinski definition) is 3. The number of halogens is 5. The van der Waals surface area contributed by atoms with Gasteiger partial charge in [-0.1, -0.05) is 41.9 Å². The maximum atomic E-state index is 14.1. The van der Waals surface area contributed by atoms with Crippen LogP contribution in [0.25, 0.3) is 11.1 Å². The van der Waals surface area contributed by atoms with Crippen molar-refractivity contribution in [2.75, 3.05) is 5.32 Å². The number of benzene rings is 2. The SMILES string of the molecule is O=C(Nc1ccc(-c2ccccc2F)c(Cl)c1)[C@@H]1[C@@H](c2cccc(C(F)(F)F)n2)[C@@H]2CC[C@H]1O2. The van der Waals surface area contributed by atoms with E-state index >= 15 is 0 Å². The van der Waals surface area contributed by atoms with Gasteiger partial charge in [-0.2, -0.15) is 13.2 Å². The number of pyridine rings is 1. The predicted molar refractivity (Wildman–Crippen MR) is 119 cm³/mol. The number of aromatic nitrogens is 1. The Labute approximate surface area is 197 Å². The molecule has 34 heavy (non-hydrogen) atoms. The van der Waals surface area contributed by atoms with Crippen molar-refractivity contribution in [3.05, 3.63) is 82.9 Å². The van der Waals surface area contributed by atoms with Gasteiger partial charge in [0.05, 0.1) is 23.1 Å². The third-order valence-electron chi connectivity index (χ3n) is 6.38. The molecule has 0 saturated carbocycles. The van der Waals surface area contributed by atoms with Crippen molar-refractivity contribution in [3.8, 4) is 11.1 Å². The summed E-state index contributed by atoms with van der Waals surface area (Å²) >= 11 is 6.37. The fraction of sp³-hybridized carbons (Fsp3) is 0.280. The quantitative estimate of drug-likeness (QED) is 0.427. The number of carbonyl (C=O) groups is 1. The molecule has 1 N–H and O–H groups in total. The molecule has 3 aromatic rings. The molecule has 9 heteroatoms. The molecule has 2 aliphatic rings. The van der Waals surface area contributed by atoms with Gasteiger partial charge in [-0.25, -0.2) is 9.37 Å². The molecule has 3 heterocycles. The van der Waals surface area contributed by atoms with Gasteiger partial charge in [0.25, 0.3) is 0 Å². The predicted octanol–water partition coefficient (Wildman–Crippen LogP) is 6.46. The number of ether oxygens (including phenoxy) is 1.